The van der Waals surface area contributed by atoms with Crippen molar-refractivity contribution in [3.05, 3.63) is 23.8 Å². The van der Waals surface area contributed by atoms with Gasteiger partial charge in [-0.25, -0.2) is 4.79 Å². The van der Waals surface area contributed by atoms with Gasteiger partial charge < -0.3 is 19.5 Å². The van der Waals surface area contributed by atoms with Crippen LogP contribution in [0.3, 0.4) is 0 Å². The standard InChI is InChI=1S/C23H30N2O7/c1-13(18-11-15(30-3)9-10-19(18)31-4)24-20(26)12-32-23(29)14(2)25-21(27)16-7-5-6-8-17(16)22(25)28/h9-11,13-14,16-17H,5-8,12H2,1-4H3,(H,24,26)/t13?,14-,16?,17?/m0/s1. The molecule has 0 bridgehead atoms. The minimum absolute atomic E-state index is 0.313. The van der Waals surface area contributed by atoms with Crippen LogP contribution in [-0.2, 0) is 23.9 Å². The Balaban J connectivity index is 1.56. The van der Waals surface area contributed by atoms with Gasteiger partial charge >= 0.3 is 5.97 Å². The number of nitrogens with one attached hydrogen (secondary N) is 1. The van der Waals surface area contributed by atoms with Gasteiger partial charge in [0.05, 0.1) is 32.1 Å². The van der Waals surface area contributed by atoms with E-state index in [1.54, 1.807) is 32.2 Å². The number of carbonyl (C=O) groups excluding carboxylic acids is 4. The van der Waals surface area contributed by atoms with E-state index in [2.05, 4.69) is 5.32 Å². The molecule has 1 aliphatic carbocycles. The summed E-state index contributed by atoms with van der Waals surface area (Å²) in [4.78, 5) is 51.1. The molecule has 3 amide bonds. The first-order valence-electron chi connectivity index (χ1n) is 10.8. The minimum Gasteiger partial charge on any atom is -0.497 e. The van der Waals surface area contributed by atoms with Crippen molar-refractivity contribution >= 4 is 23.7 Å². The molecule has 9 heteroatoms. The highest BCUT2D eigenvalue weighted by molar-refractivity contribution is 6.07. The lowest BCUT2D eigenvalue weighted by atomic mass is 9.81. The molecule has 9 nitrogen and oxygen atoms in total. The molecular formula is C23H30N2O7. The Kier molecular flexibility index (Phi) is 7.37. The summed E-state index contributed by atoms with van der Waals surface area (Å²) in [6.45, 7) is 2.70. The molecule has 2 aliphatic rings. The Morgan fingerprint density at radius 2 is 1.69 bits per heavy atom. The third kappa shape index (κ3) is 4.71. The van der Waals surface area contributed by atoms with Crippen LogP contribution in [0.2, 0.25) is 0 Å². The fraction of sp³-hybridized carbons (Fsp3) is 0.565. The van der Waals surface area contributed by atoms with Crippen LogP contribution in [0, 0.1) is 11.8 Å². The number of imide groups is 1. The zero-order valence-corrected chi connectivity index (χ0v) is 18.9. The molecule has 1 aromatic carbocycles. The molecular weight excluding hydrogens is 416 g/mol. The highest BCUT2D eigenvalue weighted by atomic mass is 16.5. The number of fused-ring (bicyclic) bond motifs is 1. The Morgan fingerprint density at radius 1 is 1.06 bits per heavy atom. The van der Waals surface area contributed by atoms with Crippen LogP contribution in [0.25, 0.3) is 0 Å². The van der Waals surface area contributed by atoms with Gasteiger partial charge in [-0.15, -0.1) is 0 Å². The summed E-state index contributed by atoms with van der Waals surface area (Å²) in [5, 5.41) is 2.75. The van der Waals surface area contributed by atoms with Gasteiger partial charge in [-0.2, -0.15) is 0 Å². The first kappa shape index (κ1) is 23.6. The Labute approximate surface area is 187 Å². The fourth-order valence-electron chi connectivity index (χ4n) is 4.47. The molecule has 0 radical (unpaired) electrons. The normalized spacial score (nSPS) is 22.1. The summed E-state index contributed by atoms with van der Waals surface area (Å²) < 4.78 is 15.7. The van der Waals surface area contributed by atoms with Crippen molar-refractivity contribution in [3.63, 3.8) is 0 Å². The van der Waals surface area contributed by atoms with Crippen molar-refractivity contribution in [2.75, 3.05) is 20.8 Å². The van der Waals surface area contributed by atoms with E-state index in [9.17, 15) is 19.2 Å². The van der Waals surface area contributed by atoms with Gasteiger partial charge in [0, 0.05) is 5.56 Å². The second-order valence-electron chi connectivity index (χ2n) is 8.22. The first-order chi connectivity index (χ1) is 15.3. The average Bonchev–Trinajstić information content (AvgIpc) is 3.06. The Bertz CT molecular complexity index is 876. The maximum Gasteiger partial charge on any atom is 0.329 e. The van der Waals surface area contributed by atoms with Crippen molar-refractivity contribution in [1.29, 1.82) is 0 Å². The molecule has 1 saturated heterocycles. The van der Waals surface area contributed by atoms with Crippen LogP contribution < -0.4 is 14.8 Å². The number of carbonyl (C=O) groups is 4. The van der Waals surface area contributed by atoms with Crippen molar-refractivity contribution in [3.8, 4) is 11.5 Å². The predicted octanol–water partition coefficient (Wildman–Crippen LogP) is 1.99. The number of methoxy groups -OCH3 is 2. The number of amides is 3. The maximum atomic E-state index is 12.6. The molecule has 3 unspecified atom stereocenters. The van der Waals surface area contributed by atoms with E-state index < -0.39 is 30.6 Å². The number of rotatable bonds is 8. The average molecular weight is 447 g/mol. The molecule has 2 fully saturated rings. The Morgan fingerprint density at radius 3 is 2.25 bits per heavy atom. The SMILES string of the molecule is COc1ccc(OC)c(C(C)NC(=O)COC(=O)[C@H](C)N2C(=O)C3CCCCC3C2=O)c1. The molecule has 174 valence electrons. The number of ether oxygens (including phenoxy) is 3. The van der Waals surface area contributed by atoms with Gasteiger partial charge in [-0.3, -0.25) is 19.3 Å². The molecule has 32 heavy (non-hydrogen) atoms. The van der Waals surface area contributed by atoms with Crippen molar-refractivity contribution < 1.29 is 33.4 Å². The molecule has 0 aromatic heterocycles. The summed E-state index contributed by atoms with van der Waals surface area (Å²) in [6.07, 6.45) is 3.15. The third-order valence-electron chi connectivity index (χ3n) is 6.23. The number of likely N-dealkylation sites (tertiary alicyclic amines) is 1. The molecule has 3 rings (SSSR count). The van der Waals surface area contributed by atoms with Gasteiger partial charge in [0.1, 0.15) is 17.5 Å². The zero-order valence-electron chi connectivity index (χ0n) is 18.9. The number of benzene rings is 1. The highest BCUT2D eigenvalue weighted by Crippen LogP contribution is 2.39. The van der Waals surface area contributed by atoms with Crippen molar-refractivity contribution in [1.82, 2.24) is 10.2 Å². The summed E-state index contributed by atoms with van der Waals surface area (Å²) in [6, 6.07) is 3.73. The summed E-state index contributed by atoms with van der Waals surface area (Å²) in [7, 11) is 3.07. The molecule has 1 saturated carbocycles. The Hall–Kier alpha value is -3.10. The van der Waals surface area contributed by atoms with Crippen LogP contribution in [0.4, 0.5) is 0 Å². The largest absolute Gasteiger partial charge is 0.497 e. The van der Waals surface area contributed by atoms with Crippen LogP contribution in [-0.4, -0.2) is 55.5 Å². The lowest BCUT2D eigenvalue weighted by molar-refractivity contribution is -0.159. The second-order valence-corrected chi connectivity index (χ2v) is 8.22. The summed E-state index contributed by atoms with van der Waals surface area (Å²) in [5.74, 6) is -1.41. The molecule has 0 spiro atoms. The lowest BCUT2D eigenvalue weighted by Gasteiger charge is -2.22. The van der Waals surface area contributed by atoms with Gasteiger partial charge in [-0.05, 0) is 44.9 Å². The molecule has 1 aromatic rings. The van der Waals surface area contributed by atoms with E-state index in [1.165, 1.54) is 14.0 Å². The smallest absolute Gasteiger partial charge is 0.329 e. The first-order valence-corrected chi connectivity index (χ1v) is 10.8. The zero-order chi connectivity index (χ0) is 23.4. The molecule has 1 N–H and O–H groups in total. The number of hydrogen-bond acceptors (Lipinski definition) is 7. The molecule has 1 heterocycles. The minimum atomic E-state index is -1.07. The molecule has 1 aliphatic heterocycles. The van der Waals surface area contributed by atoms with Crippen LogP contribution in [0.5, 0.6) is 11.5 Å². The maximum absolute atomic E-state index is 12.6. The van der Waals surface area contributed by atoms with Crippen molar-refractivity contribution in [2.45, 2.75) is 51.6 Å². The van der Waals surface area contributed by atoms with E-state index in [0.717, 1.165) is 17.7 Å². The highest BCUT2D eigenvalue weighted by Gasteiger charge is 2.51. The second kappa shape index (κ2) is 10.0. The van der Waals surface area contributed by atoms with Gasteiger partial charge in [0.15, 0.2) is 6.61 Å². The van der Waals surface area contributed by atoms with Crippen molar-refractivity contribution in [2.24, 2.45) is 11.8 Å². The summed E-state index contributed by atoms with van der Waals surface area (Å²) >= 11 is 0. The number of hydrogen-bond donors (Lipinski definition) is 1. The van der Waals surface area contributed by atoms with E-state index in [0.29, 0.717) is 29.9 Å². The van der Waals surface area contributed by atoms with E-state index >= 15 is 0 Å². The van der Waals surface area contributed by atoms with E-state index in [4.69, 9.17) is 14.2 Å². The fourth-order valence-corrected chi connectivity index (χ4v) is 4.47. The quantitative estimate of drug-likeness (QED) is 0.480. The van der Waals surface area contributed by atoms with Gasteiger partial charge in [0.2, 0.25) is 11.8 Å². The lowest BCUT2D eigenvalue weighted by Crippen LogP contribution is -2.45. The summed E-state index contributed by atoms with van der Waals surface area (Å²) in [5.41, 5.74) is 0.704. The predicted molar refractivity (Wildman–Crippen MR) is 114 cm³/mol. The number of nitrogens with zero attached hydrogens (tertiary/aromatic N) is 1. The van der Waals surface area contributed by atoms with E-state index in [1.807, 2.05) is 0 Å². The van der Waals surface area contributed by atoms with Crippen LogP contribution >= 0.6 is 0 Å². The van der Waals surface area contributed by atoms with Crippen LogP contribution in [0.1, 0.15) is 51.1 Å². The molecule has 4 atom stereocenters. The number of esters is 1. The monoisotopic (exact) mass is 446 g/mol. The topological polar surface area (TPSA) is 111 Å². The van der Waals surface area contributed by atoms with Gasteiger partial charge in [-0.1, -0.05) is 12.8 Å². The van der Waals surface area contributed by atoms with Crippen LogP contribution in [0.15, 0.2) is 18.2 Å². The van der Waals surface area contributed by atoms with Gasteiger partial charge in [0.25, 0.3) is 5.91 Å². The third-order valence-corrected chi connectivity index (χ3v) is 6.23. The van der Waals surface area contributed by atoms with E-state index in [-0.39, 0.29) is 23.7 Å².